The van der Waals surface area contributed by atoms with Crippen LogP contribution in [0.15, 0.2) is 78.9 Å². The van der Waals surface area contributed by atoms with E-state index in [1.807, 2.05) is 42.5 Å². The lowest BCUT2D eigenvalue weighted by atomic mass is 10.0. The van der Waals surface area contributed by atoms with E-state index in [0.29, 0.717) is 16.1 Å². The largest absolute Gasteiger partial charge is 0.289 e. The molecule has 3 aromatic carbocycles. The second-order valence-corrected chi connectivity index (χ2v) is 5.47. The molecule has 0 aliphatic rings. The van der Waals surface area contributed by atoms with Crippen molar-refractivity contribution in [1.82, 2.24) is 0 Å². The molecule has 2 heteroatoms. The highest BCUT2D eigenvalue weighted by molar-refractivity contribution is 6.31. The number of carbonyl (C=O) groups excluding carboxylic acids is 1. The maximum atomic E-state index is 12.4. The normalized spacial score (nSPS) is 9.78. The van der Waals surface area contributed by atoms with Crippen molar-refractivity contribution in [3.63, 3.8) is 0 Å². The molecule has 1 nitrogen and oxygen atoms in total. The second kappa shape index (κ2) is 6.96. The molecular formula is C21H13ClO. The molecule has 0 aliphatic heterocycles. The van der Waals surface area contributed by atoms with Gasteiger partial charge in [0.2, 0.25) is 0 Å². The van der Waals surface area contributed by atoms with Crippen LogP contribution in [0.5, 0.6) is 0 Å². The number of benzene rings is 3. The molecule has 0 radical (unpaired) electrons. The van der Waals surface area contributed by atoms with Crippen LogP contribution in [0.4, 0.5) is 0 Å². The monoisotopic (exact) mass is 316 g/mol. The maximum absolute atomic E-state index is 12.4. The van der Waals surface area contributed by atoms with Gasteiger partial charge in [0.05, 0.1) is 0 Å². The fourth-order valence-corrected chi connectivity index (χ4v) is 2.36. The van der Waals surface area contributed by atoms with E-state index < -0.39 is 0 Å². The third kappa shape index (κ3) is 3.88. The highest BCUT2D eigenvalue weighted by Gasteiger charge is 2.08. The SMILES string of the molecule is O=C(c1ccc(C#Cc2ccccc2)cc1)c1cccc(Cl)c1. The van der Waals surface area contributed by atoms with E-state index in [1.165, 1.54) is 0 Å². The third-order valence-electron chi connectivity index (χ3n) is 3.36. The van der Waals surface area contributed by atoms with Gasteiger partial charge in [0.25, 0.3) is 0 Å². The van der Waals surface area contributed by atoms with Crippen LogP contribution in [0.3, 0.4) is 0 Å². The standard InChI is InChI=1S/C21H13ClO/c22-20-8-4-7-19(15-20)21(23)18-13-11-17(12-14-18)10-9-16-5-2-1-3-6-16/h1-8,11-15H. The minimum absolute atomic E-state index is 0.0462. The molecule has 3 aromatic rings. The molecule has 0 saturated heterocycles. The highest BCUT2D eigenvalue weighted by Crippen LogP contribution is 2.15. The number of hydrogen-bond donors (Lipinski definition) is 0. The van der Waals surface area contributed by atoms with E-state index in [4.69, 9.17) is 11.6 Å². The van der Waals surface area contributed by atoms with Gasteiger partial charge in [-0.2, -0.15) is 0 Å². The molecule has 3 rings (SSSR count). The lowest BCUT2D eigenvalue weighted by Gasteiger charge is -2.02. The van der Waals surface area contributed by atoms with Gasteiger partial charge in [0.1, 0.15) is 0 Å². The summed E-state index contributed by atoms with van der Waals surface area (Å²) in [5, 5.41) is 0.557. The molecular weight excluding hydrogens is 304 g/mol. The Morgan fingerprint density at radius 3 is 2.00 bits per heavy atom. The molecule has 0 saturated carbocycles. The summed E-state index contributed by atoms with van der Waals surface area (Å²) in [6.45, 7) is 0. The van der Waals surface area contributed by atoms with Gasteiger partial charge in [-0.3, -0.25) is 4.79 Å². The van der Waals surface area contributed by atoms with E-state index in [2.05, 4.69) is 11.8 Å². The topological polar surface area (TPSA) is 17.1 Å². The van der Waals surface area contributed by atoms with Crippen LogP contribution in [0.1, 0.15) is 27.0 Å². The Balaban J connectivity index is 1.80. The summed E-state index contributed by atoms with van der Waals surface area (Å²) >= 11 is 5.93. The van der Waals surface area contributed by atoms with Crippen LogP contribution in [-0.4, -0.2) is 5.78 Å². The van der Waals surface area contributed by atoms with Crippen molar-refractivity contribution in [3.8, 4) is 11.8 Å². The second-order valence-electron chi connectivity index (χ2n) is 5.03. The van der Waals surface area contributed by atoms with Gasteiger partial charge in [0, 0.05) is 27.3 Å². The number of halogens is 1. The first kappa shape index (κ1) is 15.1. The predicted octanol–water partition coefficient (Wildman–Crippen LogP) is 4.97. The summed E-state index contributed by atoms with van der Waals surface area (Å²) < 4.78 is 0. The lowest BCUT2D eigenvalue weighted by Crippen LogP contribution is -2.00. The van der Waals surface area contributed by atoms with Crippen LogP contribution in [0.25, 0.3) is 0 Å². The summed E-state index contributed by atoms with van der Waals surface area (Å²) in [4.78, 5) is 12.4. The van der Waals surface area contributed by atoms with Gasteiger partial charge in [-0.05, 0) is 48.5 Å². The Bertz CT molecular complexity index is 884. The van der Waals surface area contributed by atoms with Gasteiger partial charge in [-0.15, -0.1) is 0 Å². The minimum atomic E-state index is -0.0462. The first-order valence-electron chi connectivity index (χ1n) is 7.20. The fourth-order valence-electron chi connectivity index (χ4n) is 2.17. The molecule has 110 valence electrons. The summed E-state index contributed by atoms with van der Waals surface area (Å²) in [5.74, 6) is 6.14. The minimum Gasteiger partial charge on any atom is -0.289 e. The van der Waals surface area contributed by atoms with Crippen molar-refractivity contribution in [2.45, 2.75) is 0 Å². The zero-order valence-corrected chi connectivity index (χ0v) is 13.0. The van der Waals surface area contributed by atoms with Gasteiger partial charge < -0.3 is 0 Å². The van der Waals surface area contributed by atoms with Gasteiger partial charge in [-0.25, -0.2) is 0 Å². The van der Waals surface area contributed by atoms with Crippen molar-refractivity contribution in [3.05, 3.63) is 106 Å². The molecule has 23 heavy (non-hydrogen) atoms. The number of hydrogen-bond acceptors (Lipinski definition) is 1. The van der Waals surface area contributed by atoms with Crippen molar-refractivity contribution in [1.29, 1.82) is 0 Å². The Morgan fingerprint density at radius 1 is 0.696 bits per heavy atom. The average Bonchev–Trinajstić information content (AvgIpc) is 2.61. The summed E-state index contributed by atoms with van der Waals surface area (Å²) in [6.07, 6.45) is 0. The van der Waals surface area contributed by atoms with Gasteiger partial charge >= 0.3 is 0 Å². The van der Waals surface area contributed by atoms with Crippen LogP contribution < -0.4 is 0 Å². The van der Waals surface area contributed by atoms with E-state index >= 15 is 0 Å². The maximum Gasteiger partial charge on any atom is 0.193 e. The summed E-state index contributed by atoms with van der Waals surface area (Å²) in [6, 6.07) is 24.0. The van der Waals surface area contributed by atoms with E-state index in [9.17, 15) is 4.79 Å². The summed E-state index contributed by atoms with van der Waals surface area (Å²) in [5.41, 5.74) is 3.04. The molecule has 0 aromatic heterocycles. The van der Waals surface area contributed by atoms with Crippen molar-refractivity contribution >= 4 is 17.4 Å². The Hall–Kier alpha value is -2.82. The first-order chi connectivity index (χ1) is 11.2. The van der Waals surface area contributed by atoms with Crippen molar-refractivity contribution in [2.75, 3.05) is 0 Å². The average molecular weight is 317 g/mol. The molecule has 0 amide bonds. The number of rotatable bonds is 2. The van der Waals surface area contributed by atoms with Crippen LogP contribution in [0.2, 0.25) is 5.02 Å². The molecule has 0 fully saturated rings. The molecule has 0 aliphatic carbocycles. The number of carbonyl (C=O) groups is 1. The third-order valence-corrected chi connectivity index (χ3v) is 3.59. The van der Waals surface area contributed by atoms with Crippen LogP contribution in [-0.2, 0) is 0 Å². The molecule has 0 heterocycles. The smallest absolute Gasteiger partial charge is 0.193 e. The van der Waals surface area contributed by atoms with Crippen molar-refractivity contribution in [2.24, 2.45) is 0 Å². The molecule has 0 N–H and O–H groups in total. The van der Waals surface area contributed by atoms with Crippen LogP contribution in [0, 0.1) is 11.8 Å². The zero-order chi connectivity index (χ0) is 16.1. The quantitative estimate of drug-likeness (QED) is 0.482. The molecule has 0 atom stereocenters. The molecule has 0 unspecified atom stereocenters. The van der Waals surface area contributed by atoms with Gasteiger partial charge in [-0.1, -0.05) is 53.8 Å². The highest BCUT2D eigenvalue weighted by atomic mass is 35.5. The zero-order valence-electron chi connectivity index (χ0n) is 12.3. The fraction of sp³-hybridized carbons (Fsp3) is 0. The van der Waals surface area contributed by atoms with Crippen molar-refractivity contribution < 1.29 is 4.79 Å². The Labute approximate surface area is 140 Å². The number of ketones is 1. The molecule has 0 spiro atoms. The van der Waals surface area contributed by atoms with E-state index in [-0.39, 0.29) is 5.78 Å². The Kier molecular flexibility index (Phi) is 4.57. The first-order valence-corrected chi connectivity index (χ1v) is 7.57. The predicted molar refractivity (Wildman–Crippen MR) is 93.7 cm³/mol. The lowest BCUT2D eigenvalue weighted by molar-refractivity contribution is 0.103. The van der Waals surface area contributed by atoms with Gasteiger partial charge in [0.15, 0.2) is 5.78 Å². The Morgan fingerprint density at radius 2 is 1.35 bits per heavy atom. The van der Waals surface area contributed by atoms with E-state index in [0.717, 1.165) is 11.1 Å². The molecule has 0 bridgehead atoms. The van der Waals surface area contributed by atoms with E-state index in [1.54, 1.807) is 36.4 Å². The summed E-state index contributed by atoms with van der Waals surface area (Å²) in [7, 11) is 0. The van der Waals surface area contributed by atoms with Crippen LogP contribution >= 0.6 is 11.6 Å².